The Balaban J connectivity index is 2.83. The van der Waals surface area contributed by atoms with Crippen molar-refractivity contribution in [1.82, 2.24) is 15.1 Å². The summed E-state index contributed by atoms with van der Waals surface area (Å²) in [5, 5.41) is 6.84. The number of aromatic amines is 1. The molecule has 0 spiro atoms. The van der Waals surface area contributed by atoms with E-state index < -0.39 is 0 Å². The van der Waals surface area contributed by atoms with Crippen LogP contribution in [0.3, 0.4) is 0 Å². The minimum absolute atomic E-state index is 0.0202. The molecule has 0 bridgehead atoms. The van der Waals surface area contributed by atoms with Crippen LogP contribution < -0.4 is 5.73 Å². The first-order valence-corrected chi connectivity index (χ1v) is 6.11. The van der Waals surface area contributed by atoms with E-state index in [4.69, 9.17) is 10.5 Å². The van der Waals surface area contributed by atoms with Gasteiger partial charge in [0.05, 0.1) is 24.0 Å². The number of methoxy groups -OCH3 is 1. The number of anilines is 1. The van der Waals surface area contributed by atoms with Gasteiger partial charge in [-0.25, -0.2) is 0 Å². The number of likely N-dealkylation sites (N-methyl/N-ethyl adjacent to an activating group) is 1. The quantitative estimate of drug-likeness (QED) is 0.794. The Hall–Kier alpha value is -1.56. The first kappa shape index (κ1) is 14.5. The van der Waals surface area contributed by atoms with Crippen LogP contribution in [0.25, 0.3) is 0 Å². The molecule has 0 aliphatic carbocycles. The van der Waals surface area contributed by atoms with Crippen molar-refractivity contribution in [2.75, 3.05) is 26.5 Å². The standard InChI is InChI=1S/C12H22N4O2/c1-5-6-9-10(13)11(15-14-9)12(17)16(3)8(2)7-18-4/h8H,5-7,13H2,1-4H3,(H,14,15). The molecule has 0 saturated heterocycles. The van der Waals surface area contributed by atoms with Crippen molar-refractivity contribution in [3.63, 3.8) is 0 Å². The molecule has 3 N–H and O–H groups in total. The highest BCUT2D eigenvalue weighted by molar-refractivity contribution is 5.97. The van der Waals surface area contributed by atoms with E-state index in [2.05, 4.69) is 17.1 Å². The maximum atomic E-state index is 12.2. The molecule has 1 rings (SSSR count). The summed E-state index contributed by atoms with van der Waals surface area (Å²) < 4.78 is 5.03. The zero-order valence-electron chi connectivity index (χ0n) is 11.5. The Morgan fingerprint density at radius 2 is 2.28 bits per heavy atom. The smallest absolute Gasteiger partial charge is 0.276 e. The van der Waals surface area contributed by atoms with E-state index in [1.807, 2.05) is 6.92 Å². The zero-order valence-corrected chi connectivity index (χ0v) is 11.5. The number of rotatable bonds is 6. The summed E-state index contributed by atoms with van der Waals surface area (Å²) in [6, 6.07) is -0.0202. The summed E-state index contributed by atoms with van der Waals surface area (Å²) in [7, 11) is 3.33. The molecular formula is C12H22N4O2. The van der Waals surface area contributed by atoms with Gasteiger partial charge in [-0.3, -0.25) is 9.89 Å². The van der Waals surface area contributed by atoms with Gasteiger partial charge in [0.15, 0.2) is 5.69 Å². The highest BCUT2D eigenvalue weighted by Gasteiger charge is 2.23. The Morgan fingerprint density at radius 3 is 2.83 bits per heavy atom. The molecule has 0 fully saturated rings. The van der Waals surface area contributed by atoms with Crippen molar-refractivity contribution in [2.45, 2.75) is 32.7 Å². The van der Waals surface area contributed by atoms with Gasteiger partial charge in [-0.1, -0.05) is 13.3 Å². The van der Waals surface area contributed by atoms with Gasteiger partial charge in [0.1, 0.15) is 0 Å². The number of carbonyl (C=O) groups excluding carboxylic acids is 1. The molecule has 6 heteroatoms. The average molecular weight is 254 g/mol. The summed E-state index contributed by atoms with van der Waals surface area (Å²) in [5.41, 5.74) is 7.51. The summed E-state index contributed by atoms with van der Waals surface area (Å²) in [6.45, 7) is 4.44. The molecule has 0 aromatic carbocycles. The first-order chi connectivity index (χ1) is 8.52. The minimum atomic E-state index is -0.185. The lowest BCUT2D eigenvalue weighted by molar-refractivity contribution is 0.0629. The molecule has 0 radical (unpaired) electrons. The van der Waals surface area contributed by atoms with Gasteiger partial charge in [0.25, 0.3) is 5.91 Å². The second kappa shape index (κ2) is 6.39. The number of H-pyrrole nitrogens is 1. The lowest BCUT2D eigenvalue weighted by atomic mass is 10.2. The Bertz CT molecular complexity index is 403. The third-order valence-electron chi connectivity index (χ3n) is 2.97. The Labute approximate surface area is 107 Å². The van der Waals surface area contributed by atoms with Crippen molar-refractivity contribution in [3.05, 3.63) is 11.4 Å². The van der Waals surface area contributed by atoms with E-state index in [0.29, 0.717) is 18.0 Å². The monoisotopic (exact) mass is 254 g/mol. The van der Waals surface area contributed by atoms with Crippen molar-refractivity contribution in [2.24, 2.45) is 0 Å². The fourth-order valence-electron chi connectivity index (χ4n) is 1.71. The second-order valence-corrected chi connectivity index (χ2v) is 4.43. The third-order valence-corrected chi connectivity index (χ3v) is 2.97. The lowest BCUT2D eigenvalue weighted by Gasteiger charge is -2.23. The van der Waals surface area contributed by atoms with Crippen LogP contribution in [0.1, 0.15) is 36.5 Å². The predicted octanol–water partition coefficient (Wildman–Crippen LogP) is 1.05. The van der Waals surface area contributed by atoms with Crippen LogP contribution in [0, 0.1) is 0 Å². The topological polar surface area (TPSA) is 84.2 Å². The van der Waals surface area contributed by atoms with E-state index >= 15 is 0 Å². The molecule has 6 nitrogen and oxygen atoms in total. The molecular weight excluding hydrogens is 232 g/mol. The van der Waals surface area contributed by atoms with E-state index in [-0.39, 0.29) is 11.9 Å². The van der Waals surface area contributed by atoms with Gasteiger partial charge in [-0.05, 0) is 13.3 Å². The molecule has 1 amide bonds. The number of aromatic nitrogens is 2. The molecule has 1 aromatic rings. The minimum Gasteiger partial charge on any atom is -0.395 e. The van der Waals surface area contributed by atoms with Crippen LogP contribution in [0.2, 0.25) is 0 Å². The number of hydrogen-bond donors (Lipinski definition) is 2. The third kappa shape index (κ3) is 3.01. The molecule has 0 aliphatic heterocycles. The maximum Gasteiger partial charge on any atom is 0.276 e. The number of carbonyl (C=O) groups is 1. The molecule has 1 atom stereocenters. The summed E-state index contributed by atoms with van der Waals surface area (Å²) in [5.74, 6) is -0.185. The number of amides is 1. The number of aryl methyl sites for hydroxylation is 1. The Morgan fingerprint density at radius 1 is 1.61 bits per heavy atom. The van der Waals surface area contributed by atoms with Crippen LogP contribution >= 0.6 is 0 Å². The van der Waals surface area contributed by atoms with E-state index in [1.54, 1.807) is 19.1 Å². The van der Waals surface area contributed by atoms with Crippen molar-refractivity contribution in [1.29, 1.82) is 0 Å². The maximum absolute atomic E-state index is 12.2. The molecule has 0 aliphatic rings. The number of nitrogens with two attached hydrogens (primary N) is 1. The number of nitrogens with one attached hydrogen (secondary N) is 1. The van der Waals surface area contributed by atoms with Crippen LogP contribution in [-0.2, 0) is 11.2 Å². The van der Waals surface area contributed by atoms with Crippen molar-refractivity contribution < 1.29 is 9.53 Å². The van der Waals surface area contributed by atoms with E-state index in [0.717, 1.165) is 18.5 Å². The lowest BCUT2D eigenvalue weighted by Crippen LogP contribution is -2.38. The Kier molecular flexibility index (Phi) is 5.15. The first-order valence-electron chi connectivity index (χ1n) is 6.11. The van der Waals surface area contributed by atoms with E-state index in [9.17, 15) is 4.79 Å². The highest BCUT2D eigenvalue weighted by atomic mass is 16.5. The van der Waals surface area contributed by atoms with E-state index in [1.165, 1.54) is 0 Å². The second-order valence-electron chi connectivity index (χ2n) is 4.43. The average Bonchev–Trinajstić information content (AvgIpc) is 2.70. The van der Waals surface area contributed by atoms with Gasteiger partial charge in [-0.15, -0.1) is 0 Å². The summed E-state index contributed by atoms with van der Waals surface area (Å²) in [6.07, 6.45) is 1.75. The number of nitrogens with zero attached hydrogens (tertiary/aromatic N) is 2. The van der Waals surface area contributed by atoms with Gasteiger partial charge in [0, 0.05) is 14.2 Å². The number of hydrogen-bond acceptors (Lipinski definition) is 4. The zero-order chi connectivity index (χ0) is 13.7. The highest BCUT2D eigenvalue weighted by Crippen LogP contribution is 2.17. The van der Waals surface area contributed by atoms with Crippen LogP contribution in [-0.4, -0.2) is 47.8 Å². The summed E-state index contributed by atoms with van der Waals surface area (Å²) >= 11 is 0. The van der Waals surface area contributed by atoms with Crippen molar-refractivity contribution >= 4 is 11.6 Å². The fraction of sp³-hybridized carbons (Fsp3) is 0.667. The fourth-order valence-corrected chi connectivity index (χ4v) is 1.71. The normalized spacial score (nSPS) is 12.4. The molecule has 102 valence electrons. The molecule has 18 heavy (non-hydrogen) atoms. The summed E-state index contributed by atoms with van der Waals surface area (Å²) in [4.78, 5) is 13.8. The number of nitrogen functional groups attached to an aromatic ring is 1. The molecule has 0 saturated carbocycles. The van der Waals surface area contributed by atoms with Crippen LogP contribution in [0.4, 0.5) is 5.69 Å². The van der Waals surface area contributed by atoms with Gasteiger partial charge >= 0.3 is 0 Å². The van der Waals surface area contributed by atoms with Crippen LogP contribution in [0.5, 0.6) is 0 Å². The largest absolute Gasteiger partial charge is 0.395 e. The van der Waals surface area contributed by atoms with Crippen LogP contribution in [0.15, 0.2) is 0 Å². The van der Waals surface area contributed by atoms with Crippen molar-refractivity contribution in [3.8, 4) is 0 Å². The molecule has 1 heterocycles. The molecule has 1 unspecified atom stereocenters. The van der Waals surface area contributed by atoms with Gasteiger partial charge in [0.2, 0.25) is 0 Å². The number of ether oxygens (including phenoxy) is 1. The van der Waals surface area contributed by atoms with Gasteiger partial charge < -0.3 is 15.4 Å². The molecule has 1 aromatic heterocycles. The van der Waals surface area contributed by atoms with Gasteiger partial charge in [-0.2, -0.15) is 5.10 Å². The predicted molar refractivity (Wildman–Crippen MR) is 70.4 cm³/mol. The SMILES string of the molecule is CCCc1[nH]nc(C(=O)N(C)C(C)COC)c1N.